The molecule has 0 unspecified atom stereocenters. The van der Waals surface area contributed by atoms with Gasteiger partial charge < -0.3 is 15.2 Å². The Labute approximate surface area is 121 Å². The van der Waals surface area contributed by atoms with Gasteiger partial charge >= 0.3 is 0 Å². The van der Waals surface area contributed by atoms with Crippen LogP contribution < -0.4 is 10.1 Å². The fourth-order valence-corrected chi connectivity index (χ4v) is 1.92. The molecule has 112 valence electrons. The number of aryl methyl sites for hydroxylation is 1. The van der Waals surface area contributed by atoms with Crippen LogP contribution in [0.3, 0.4) is 0 Å². The second-order valence-electron chi connectivity index (χ2n) is 5.70. The van der Waals surface area contributed by atoms with E-state index in [9.17, 15) is 4.79 Å². The number of benzene rings is 1. The van der Waals surface area contributed by atoms with Crippen LogP contribution in [0.15, 0.2) is 18.2 Å². The Morgan fingerprint density at radius 2 is 2.05 bits per heavy atom. The van der Waals surface area contributed by atoms with Crippen molar-refractivity contribution in [2.45, 2.75) is 46.1 Å². The Hall–Kier alpha value is -1.55. The van der Waals surface area contributed by atoms with E-state index >= 15 is 0 Å². The summed E-state index contributed by atoms with van der Waals surface area (Å²) in [5.41, 5.74) is 1.90. The van der Waals surface area contributed by atoms with E-state index in [1.54, 1.807) is 0 Å². The minimum Gasteiger partial charge on any atom is -0.493 e. The van der Waals surface area contributed by atoms with Crippen LogP contribution in [-0.2, 0) is 4.79 Å². The van der Waals surface area contributed by atoms with Crippen LogP contribution in [0, 0.1) is 13.8 Å². The molecule has 0 atom stereocenters. The molecule has 20 heavy (non-hydrogen) atoms. The van der Waals surface area contributed by atoms with Gasteiger partial charge in [-0.3, -0.25) is 4.79 Å². The van der Waals surface area contributed by atoms with Crippen LogP contribution in [0.5, 0.6) is 5.75 Å². The van der Waals surface area contributed by atoms with Gasteiger partial charge in [0.2, 0.25) is 5.91 Å². The van der Waals surface area contributed by atoms with Crippen LogP contribution in [0.1, 0.15) is 37.8 Å². The summed E-state index contributed by atoms with van der Waals surface area (Å²) in [4.78, 5) is 11.8. The Balaban J connectivity index is 2.41. The van der Waals surface area contributed by atoms with Crippen molar-refractivity contribution < 1.29 is 14.6 Å². The van der Waals surface area contributed by atoms with Crippen LogP contribution in [0.2, 0.25) is 0 Å². The molecule has 0 aromatic heterocycles. The van der Waals surface area contributed by atoms with E-state index < -0.39 is 0 Å². The number of ether oxygens (including phenoxy) is 1. The van der Waals surface area contributed by atoms with Crippen molar-refractivity contribution in [3.8, 4) is 5.75 Å². The lowest BCUT2D eigenvalue weighted by Gasteiger charge is -2.25. The third kappa shape index (κ3) is 5.21. The Kier molecular flexibility index (Phi) is 6.02. The van der Waals surface area contributed by atoms with Crippen molar-refractivity contribution >= 4 is 5.91 Å². The number of amides is 1. The first-order chi connectivity index (χ1) is 9.35. The summed E-state index contributed by atoms with van der Waals surface area (Å²) >= 11 is 0. The fraction of sp³-hybridized carbons (Fsp3) is 0.562. The van der Waals surface area contributed by atoms with Gasteiger partial charge in [0, 0.05) is 12.1 Å². The zero-order chi connectivity index (χ0) is 15.2. The van der Waals surface area contributed by atoms with Gasteiger partial charge in [-0.05, 0) is 51.3 Å². The molecule has 2 N–H and O–H groups in total. The van der Waals surface area contributed by atoms with Crippen LogP contribution >= 0.6 is 0 Å². The topological polar surface area (TPSA) is 58.6 Å². The van der Waals surface area contributed by atoms with Gasteiger partial charge in [0.15, 0.2) is 0 Å². The van der Waals surface area contributed by atoms with Crippen molar-refractivity contribution in [3.63, 3.8) is 0 Å². The molecule has 0 aliphatic carbocycles. The van der Waals surface area contributed by atoms with Gasteiger partial charge in [-0.15, -0.1) is 0 Å². The maximum Gasteiger partial charge on any atom is 0.223 e. The van der Waals surface area contributed by atoms with Crippen molar-refractivity contribution in [1.29, 1.82) is 0 Å². The lowest BCUT2D eigenvalue weighted by Crippen LogP contribution is -2.44. The number of hydrogen-bond donors (Lipinski definition) is 2. The molecule has 0 saturated carbocycles. The molecule has 0 bridgehead atoms. The van der Waals surface area contributed by atoms with E-state index in [-0.39, 0.29) is 18.1 Å². The lowest BCUT2D eigenvalue weighted by atomic mass is 10.0. The smallest absolute Gasteiger partial charge is 0.223 e. The molecule has 0 aliphatic rings. The minimum absolute atomic E-state index is 0.0613. The minimum atomic E-state index is -0.384. The Bertz CT molecular complexity index is 455. The SMILES string of the molecule is Cc1cccc(OCCC(=O)NC(C)(C)CCO)c1C. The van der Waals surface area contributed by atoms with Crippen LogP contribution in [0.25, 0.3) is 0 Å². The molecule has 1 amide bonds. The largest absolute Gasteiger partial charge is 0.493 e. The quantitative estimate of drug-likeness (QED) is 0.805. The summed E-state index contributed by atoms with van der Waals surface area (Å²) in [6, 6.07) is 5.89. The number of aliphatic hydroxyl groups is 1. The van der Waals surface area contributed by atoms with Crippen LogP contribution in [-0.4, -0.2) is 29.8 Å². The summed E-state index contributed by atoms with van der Waals surface area (Å²) in [6.07, 6.45) is 0.846. The Morgan fingerprint density at radius 3 is 2.70 bits per heavy atom. The summed E-state index contributed by atoms with van der Waals surface area (Å²) in [5, 5.41) is 11.8. The van der Waals surface area contributed by atoms with Crippen molar-refractivity contribution in [3.05, 3.63) is 29.3 Å². The van der Waals surface area contributed by atoms with Gasteiger partial charge in [0.1, 0.15) is 5.75 Å². The highest BCUT2D eigenvalue weighted by atomic mass is 16.5. The highest BCUT2D eigenvalue weighted by molar-refractivity contribution is 5.76. The average molecular weight is 279 g/mol. The predicted molar refractivity (Wildman–Crippen MR) is 80.0 cm³/mol. The number of aliphatic hydroxyl groups excluding tert-OH is 1. The molecule has 0 saturated heterocycles. The van der Waals surface area contributed by atoms with E-state index in [4.69, 9.17) is 9.84 Å². The van der Waals surface area contributed by atoms with Crippen LogP contribution in [0.4, 0.5) is 0 Å². The predicted octanol–water partition coefficient (Wildman–Crippen LogP) is 2.35. The van der Waals surface area contributed by atoms with Gasteiger partial charge in [0.05, 0.1) is 13.0 Å². The number of carbonyl (C=O) groups excluding carboxylic acids is 1. The van der Waals surface area contributed by atoms with Crippen molar-refractivity contribution in [2.24, 2.45) is 0 Å². The van der Waals surface area contributed by atoms with E-state index in [1.165, 1.54) is 5.56 Å². The van der Waals surface area contributed by atoms with Crippen molar-refractivity contribution in [1.82, 2.24) is 5.32 Å². The third-order valence-electron chi connectivity index (χ3n) is 3.36. The van der Waals surface area contributed by atoms with E-state index in [1.807, 2.05) is 45.9 Å². The third-order valence-corrected chi connectivity index (χ3v) is 3.36. The highest BCUT2D eigenvalue weighted by Crippen LogP contribution is 2.20. The maximum absolute atomic E-state index is 11.8. The molecule has 1 aromatic rings. The zero-order valence-electron chi connectivity index (χ0n) is 12.8. The van der Waals surface area contributed by atoms with Gasteiger partial charge in [0.25, 0.3) is 0 Å². The van der Waals surface area contributed by atoms with E-state index in [2.05, 4.69) is 5.32 Å². The Morgan fingerprint density at radius 1 is 1.35 bits per heavy atom. The maximum atomic E-state index is 11.8. The number of carbonyl (C=O) groups is 1. The second-order valence-corrected chi connectivity index (χ2v) is 5.70. The molecular weight excluding hydrogens is 254 g/mol. The number of rotatable bonds is 7. The summed E-state index contributed by atoms with van der Waals surface area (Å²) in [5.74, 6) is 0.765. The van der Waals surface area contributed by atoms with Gasteiger partial charge in [-0.25, -0.2) is 0 Å². The first kappa shape index (κ1) is 16.5. The molecular formula is C16H25NO3. The second kappa shape index (κ2) is 7.29. The highest BCUT2D eigenvalue weighted by Gasteiger charge is 2.19. The van der Waals surface area contributed by atoms with E-state index in [0.717, 1.165) is 11.3 Å². The summed E-state index contributed by atoms with van der Waals surface area (Å²) in [7, 11) is 0. The molecule has 0 heterocycles. The summed E-state index contributed by atoms with van der Waals surface area (Å²) < 4.78 is 5.65. The van der Waals surface area contributed by atoms with Gasteiger partial charge in [-0.1, -0.05) is 12.1 Å². The molecule has 0 aliphatic heterocycles. The first-order valence-electron chi connectivity index (χ1n) is 6.96. The number of hydrogen-bond acceptors (Lipinski definition) is 3. The zero-order valence-corrected chi connectivity index (χ0v) is 12.8. The average Bonchev–Trinajstić information content (AvgIpc) is 2.33. The molecule has 4 nitrogen and oxygen atoms in total. The normalized spacial score (nSPS) is 11.2. The lowest BCUT2D eigenvalue weighted by molar-refractivity contribution is -0.123. The first-order valence-corrected chi connectivity index (χ1v) is 6.96. The van der Waals surface area contributed by atoms with Gasteiger partial charge in [-0.2, -0.15) is 0 Å². The molecule has 1 aromatic carbocycles. The molecule has 0 fully saturated rings. The standard InChI is InChI=1S/C16H25NO3/c1-12-6-5-7-14(13(12)2)20-11-8-15(19)17-16(3,4)9-10-18/h5-7,18H,8-11H2,1-4H3,(H,17,19). The fourth-order valence-electron chi connectivity index (χ4n) is 1.92. The van der Waals surface area contributed by atoms with Crippen molar-refractivity contribution in [2.75, 3.05) is 13.2 Å². The molecule has 0 radical (unpaired) electrons. The summed E-state index contributed by atoms with van der Waals surface area (Å²) in [6.45, 7) is 8.25. The molecule has 4 heteroatoms. The molecule has 0 spiro atoms. The monoisotopic (exact) mass is 279 g/mol. The molecule has 1 rings (SSSR count). The number of nitrogens with one attached hydrogen (secondary N) is 1. The van der Waals surface area contributed by atoms with E-state index in [0.29, 0.717) is 19.4 Å².